The van der Waals surface area contributed by atoms with Gasteiger partial charge in [0.25, 0.3) is 5.91 Å². The normalized spacial score (nSPS) is 15.6. The van der Waals surface area contributed by atoms with E-state index in [2.05, 4.69) is 5.32 Å². The number of nitrogens with zero attached hydrogens (tertiary/aromatic N) is 1. The van der Waals surface area contributed by atoms with Crippen molar-refractivity contribution in [2.45, 2.75) is 0 Å². The molecule has 0 atom stereocenters. The number of hydrogen-bond acceptors (Lipinski definition) is 4. The first-order valence-electron chi connectivity index (χ1n) is 7.28. The second-order valence-corrected chi connectivity index (χ2v) is 5.46. The molecule has 1 fully saturated rings. The molecule has 0 bridgehead atoms. The number of benzene rings is 2. The minimum atomic E-state index is -0.212. The van der Waals surface area contributed by atoms with Crippen molar-refractivity contribution in [3.63, 3.8) is 0 Å². The molecule has 3 rings (SSSR count). The molecule has 122 valence electrons. The Labute approximate surface area is 145 Å². The second-order valence-electron chi connectivity index (χ2n) is 5.07. The summed E-state index contributed by atoms with van der Waals surface area (Å²) in [7, 11) is 3.19. The number of anilines is 1. The smallest absolute Gasteiger partial charge is 0.281 e. The van der Waals surface area contributed by atoms with E-state index < -0.39 is 0 Å². The maximum atomic E-state index is 12.7. The highest BCUT2D eigenvalue weighted by Crippen LogP contribution is 2.26. The Bertz CT molecular complexity index is 815. The van der Waals surface area contributed by atoms with Crippen LogP contribution in [0.3, 0.4) is 0 Å². The fraction of sp³-hybridized carbons (Fsp3) is 0.111. The van der Waals surface area contributed by atoms with Crippen LogP contribution in [-0.4, -0.2) is 25.2 Å². The van der Waals surface area contributed by atoms with E-state index in [0.29, 0.717) is 28.0 Å². The molecule has 0 saturated carbocycles. The minimum Gasteiger partial charge on any atom is -0.497 e. The van der Waals surface area contributed by atoms with E-state index in [9.17, 15) is 4.79 Å². The van der Waals surface area contributed by atoms with E-state index in [1.807, 2.05) is 24.3 Å². The Morgan fingerprint density at radius 3 is 2.42 bits per heavy atom. The van der Waals surface area contributed by atoms with Crippen molar-refractivity contribution < 1.29 is 14.3 Å². The van der Waals surface area contributed by atoms with Crippen LogP contribution < -0.4 is 19.7 Å². The number of carbonyl (C=O) groups excluding carboxylic acids is 1. The number of nitrogens with one attached hydrogen (secondary N) is 1. The number of hydrogen-bond donors (Lipinski definition) is 1. The third kappa shape index (κ3) is 2.96. The first-order chi connectivity index (χ1) is 11.6. The predicted molar refractivity (Wildman–Crippen MR) is 97.2 cm³/mol. The van der Waals surface area contributed by atoms with Gasteiger partial charge in [-0.05, 0) is 48.6 Å². The van der Waals surface area contributed by atoms with Gasteiger partial charge < -0.3 is 14.8 Å². The van der Waals surface area contributed by atoms with Crippen LogP contribution in [-0.2, 0) is 4.79 Å². The monoisotopic (exact) mass is 340 g/mol. The maximum Gasteiger partial charge on any atom is 0.281 e. The first kappa shape index (κ1) is 16.0. The van der Waals surface area contributed by atoms with Gasteiger partial charge in [-0.15, -0.1) is 0 Å². The lowest BCUT2D eigenvalue weighted by molar-refractivity contribution is -0.113. The summed E-state index contributed by atoms with van der Waals surface area (Å²) in [6.07, 6.45) is 1.73. The van der Waals surface area contributed by atoms with Gasteiger partial charge in [0.1, 0.15) is 17.2 Å². The van der Waals surface area contributed by atoms with Crippen molar-refractivity contribution in [2.24, 2.45) is 0 Å². The third-order valence-electron chi connectivity index (χ3n) is 3.65. The summed E-state index contributed by atoms with van der Waals surface area (Å²) >= 11 is 5.31. The Hall–Kier alpha value is -2.86. The average Bonchev–Trinajstić information content (AvgIpc) is 2.89. The standard InChI is InChI=1S/C18H16N2O3S/c1-22-14-9-7-13(8-10-14)20-17(21)15(19-18(20)24)11-12-5-3-4-6-16(12)23-2/h3-11H,1-2H3,(H,19,24)/b15-11+. The molecule has 0 unspecified atom stereocenters. The van der Waals surface area contributed by atoms with Gasteiger partial charge in [-0.1, -0.05) is 18.2 Å². The molecule has 1 heterocycles. The van der Waals surface area contributed by atoms with Crippen molar-refractivity contribution in [3.8, 4) is 11.5 Å². The highest BCUT2D eigenvalue weighted by atomic mass is 32.1. The minimum absolute atomic E-state index is 0.212. The van der Waals surface area contributed by atoms with E-state index >= 15 is 0 Å². The van der Waals surface area contributed by atoms with Gasteiger partial charge in [-0.3, -0.25) is 9.69 Å². The number of amides is 1. The molecule has 1 aliphatic rings. The number of ether oxygens (including phenoxy) is 2. The van der Waals surface area contributed by atoms with Crippen LogP contribution in [0.2, 0.25) is 0 Å². The van der Waals surface area contributed by atoms with E-state index in [0.717, 1.165) is 5.56 Å². The van der Waals surface area contributed by atoms with E-state index in [-0.39, 0.29) is 5.91 Å². The van der Waals surface area contributed by atoms with Crippen LogP contribution in [0.1, 0.15) is 5.56 Å². The zero-order valence-corrected chi connectivity index (χ0v) is 14.1. The topological polar surface area (TPSA) is 50.8 Å². The van der Waals surface area contributed by atoms with Crippen molar-refractivity contribution in [2.75, 3.05) is 19.1 Å². The fourth-order valence-corrected chi connectivity index (χ4v) is 2.74. The summed E-state index contributed by atoms with van der Waals surface area (Å²) in [6.45, 7) is 0. The van der Waals surface area contributed by atoms with E-state index in [4.69, 9.17) is 21.7 Å². The van der Waals surface area contributed by atoms with Crippen molar-refractivity contribution in [3.05, 3.63) is 59.8 Å². The van der Waals surface area contributed by atoms with Gasteiger partial charge in [0.15, 0.2) is 5.11 Å². The van der Waals surface area contributed by atoms with Gasteiger partial charge in [0.2, 0.25) is 0 Å². The van der Waals surface area contributed by atoms with Gasteiger partial charge in [0, 0.05) is 5.56 Å². The quantitative estimate of drug-likeness (QED) is 0.685. The average molecular weight is 340 g/mol. The number of thiocarbonyl (C=S) groups is 1. The number of para-hydroxylation sites is 1. The summed E-state index contributed by atoms with van der Waals surface area (Å²) < 4.78 is 10.4. The second kappa shape index (κ2) is 6.72. The summed E-state index contributed by atoms with van der Waals surface area (Å²) in [5.74, 6) is 1.19. The van der Waals surface area contributed by atoms with Crippen LogP contribution in [0.15, 0.2) is 54.2 Å². The van der Waals surface area contributed by atoms with Gasteiger partial charge in [-0.25, -0.2) is 0 Å². The lowest BCUT2D eigenvalue weighted by Crippen LogP contribution is -2.30. The predicted octanol–water partition coefficient (Wildman–Crippen LogP) is 2.97. The van der Waals surface area contributed by atoms with Gasteiger partial charge in [0.05, 0.1) is 19.9 Å². The molecule has 6 heteroatoms. The zero-order valence-electron chi connectivity index (χ0n) is 13.3. The van der Waals surface area contributed by atoms with Crippen molar-refractivity contribution in [1.82, 2.24) is 5.32 Å². The van der Waals surface area contributed by atoms with Crippen LogP contribution in [0.25, 0.3) is 6.08 Å². The van der Waals surface area contributed by atoms with Crippen LogP contribution >= 0.6 is 12.2 Å². The molecule has 1 saturated heterocycles. The molecule has 1 N–H and O–H groups in total. The van der Waals surface area contributed by atoms with Gasteiger partial charge in [-0.2, -0.15) is 0 Å². The van der Waals surface area contributed by atoms with Crippen molar-refractivity contribution >= 4 is 35.0 Å². The summed E-state index contributed by atoms with van der Waals surface area (Å²) in [4.78, 5) is 14.2. The first-order valence-corrected chi connectivity index (χ1v) is 7.69. The molecule has 0 spiro atoms. The largest absolute Gasteiger partial charge is 0.497 e. The van der Waals surface area contributed by atoms with E-state index in [1.165, 1.54) is 4.90 Å². The van der Waals surface area contributed by atoms with Crippen molar-refractivity contribution in [1.29, 1.82) is 0 Å². The molecule has 0 aliphatic carbocycles. The van der Waals surface area contributed by atoms with Gasteiger partial charge >= 0.3 is 0 Å². The molecule has 1 aliphatic heterocycles. The molecule has 5 nitrogen and oxygen atoms in total. The Balaban J connectivity index is 1.92. The molecule has 24 heavy (non-hydrogen) atoms. The third-order valence-corrected chi connectivity index (χ3v) is 3.93. The lowest BCUT2D eigenvalue weighted by Gasteiger charge is -2.14. The highest BCUT2D eigenvalue weighted by molar-refractivity contribution is 7.80. The van der Waals surface area contributed by atoms with Crippen LogP contribution in [0.5, 0.6) is 11.5 Å². The summed E-state index contributed by atoms with van der Waals surface area (Å²) in [5, 5.41) is 3.30. The number of methoxy groups -OCH3 is 2. The molecule has 2 aromatic carbocycles. The molecule has 1 amide bonds. The lowest BCUT2D eigenvalue weighted by atomic mass is 10.1. The maximum absolute atomic E-state index is 12.7. The molecule has 0 aromatic heterocycles. The Kier molecular flexibility index (Phi) is 4.48. The molecule has 0 radical (unpaired) electrons. The zero-order chi connectivity index (χ0) is 17.1. The molecular weight excluding hydrogens is 324 g/mol. The number of rotatable bonds is 4. The van der Waals surface area contributed by atoms with Crippen LogP contribution in [0, 0.1) is 0 Å². The van der Waals surface area contributed by atoms with Crippen LogP contribution in [0.4, 0.5) is 5.69 Å². The fourth-order valence-electron chi connectivity index (χ4n) is 2.44. The van der Waals surface area contributed by atoms with E-state index in [1.54, 1.807) is 44.6 Å². The Morgan fingerprint density at radius 2 is 1.75 bits per heavy atom. The SMILES string of the molecule is COc1ccc(N2C(=O)/C(=C\c3ccccc3OC)NC2=S)cc1. The summed E-state index contributed by atoms with van der Waals surface area (Å²) in [5.41, 5.74) is 1.89. The number of carbonyl (C=O) groups is 1. The highest BCUT2D eigenvalue weighted by Gasteiger charge is 2.32. The Morgan fingerprint density at radius 1 is 1.04 bits per heavy atom. The molecule has 2 aromatic rings. The summed E-state index contributed by atoms with van der Waals surface area (Å²) in [6, 6.07) is 14.6. The molecular formula is C18H16N2O3S.